The average Bonchev–Trinajstić information content (AvgIpc) is 3.26. The normalized spacial score (nSPS) is 19.9. The lowest BCUT2D eigenvalue weighted by Crippen LogP contribution is -2.33. The van der Waals surface area contributed by atoms with Crippen LogP contribution < -0.4 is 0 Å². The van der Waals surface area contributed by atoms with Gasteiger partial charge in [-0.15, -0.1) is 0 Å². The third-order valence-corrected chi connectivity index (χ3v) is 6.08. The molecule has 0 saturated carbocycles. The van der Waals surface area contributed by atoms with Crippen LogP contribution in [0.25, 0.3) is 11.2 Å². The van der Waals surface area contributed by atoms with Crippen molar-refractivity contribution in [1.29, 1.82) is 0 Å². The molecule has 1 atom stereocenters. The first-order valence-corrected chi connectivity index (χ1v) is 9.60. The lowest BCUT2D eigenvalue weighted by molar-refractivity contribution is 0.0764. The number of fused-ring (bicyclic) bond motifs is 1. The Labute approximate surface area is 160 Å². The molecule has 0 bridgehead atoms. The molecule has 1 unspecified atom stereocenters. The fourth-order valence-electron chi connectivity index (χ4n) is 3.77. The van der Waals surface area contributed by atoms with Crippen LogP contribution in [0.3, 0.4) is 0 Å². The van der Waals surface area contributed by atoms with Gasteiger partial charge in [0, 0.05) is 19.3 Å². The van der Waals surface area contributed by atoms with Crippen molar-refractivity contribution in [3.05, 3.63) is 60.0 Å². The minimum Gasteiger partial charge on any atom is -0.338 e. The summed E-state index contributed by atoms with van der Waals surface area (Å²) in [6.07, 6.45) is 4.54. The number of carbonyl (C=O) groups is 1. The van der Waals surface area contributed by atoms with E-state index in [1.807, 2.05) is 33.7 Å². The smallest absolute Gasteiger partial charge is 0.255 e. The van der Waals surface area contributed by atoms with E-state index >= 15 is 0 Å². The molecule has 0 N–H and O–H groups in total. The zero-order chi connectivity index (χ0) is 19.0. The van der Waals surface area contributed by atoms with E-state index in [-0.39, 0.29) is 11.3 Å². The van der Waals surface area contributed by atoms with E-state index in [1.165, 1.54) is 5.56 Å². The SMILES string of the molecule is CC(C)C1(C)CCN(C(=O)c2cnc3c(c2)ncn3Cc2ccccc2)C1. The van der Waals surface area contributed by atoms with E-state index in [1.54, 1.807) is 12.5 Å². The molecule has 3 aromatic rings. The van der Waals surface area contributed by atoms with Crippen LogP contribution >= 0.6 is 0 Å². The summed E-state index contributed by atoms with van der Waals surface area (Å²) in [5.41, 5.74) is 3.60. The van der Waals surface area contributed by atoms with Crippen LogP contribution in [0.5, 0.6) is 0 Å². The molecule has 1 aliphatic heterocycles. The van der Waals surface area contributed by atoms with Gasteiger partial charge in [-0.2, -0.15) is 0 Å². The first-order chi connectivity index (χ1) is 13.0. The van der Waals surface area contributed by atoms with Gasteiger partial charge < -0.3 is 9.47 Å². The number of likely N-dealkylation sites (tertiary alicyclic amines) is 1. The van der Waals surface area contributed by atoms with Crippen LogP contribution in [0.4, 0.5) is 0 Å². The number of hydrogen-bond donors (Lipinski definition) is 0. The maximum absolute atomic E-state index is 13.0. The van der Waals surface area contributed by atoms with E-state index in [2.05, 4.69) is 42.9 Å². The van der Waals surface area contributed by atoms with Crippen molar-refractivity contribution in [2.75, 3.05) is 13.1 Å². The van der Waals surface area contributed by atoms with Crippen LogP contribution in [0, 0.1) is 11.3 Å². The van der Waals surface area contributed by atoms with E-state index in [9.17, 15) is 4.79 Å². The fraction of sp³-hybridized carbons (Fsp3) is 0.409. The summed E-state index contributed by atoms with van der Waals surface area (Å²) in [6, 6.07) is 12.1. The lowest BCUT2D eigenvalue weighted by Gasteiger charge is -2.28. The number of rotatable bonds is 4. The Morgan fingerprint density at radius 2 is 2.00 bits per heavy atom. The first kappa shape index (κ1) is 17.7. The topological polar surface area (TPSA) is 51.0 Å². The van der Waals surface area contributed by atoms with Gasteiger partial charge in [-0.25, -0.2) is 9.97 Å². The zero-order valence-electron chi connectivity index (χ0n) is 16.2. The molecule has 2 aromatic heterocycles. The summed E-state index contributed by atoms with van der Waals surface area (Å²) in [7, 11) is 0. The third kappa shape index (κ3) is 3.34. The van der Waals surface area contributed by atoms with Crippen molar-refractivity contribution < 1.29 is 4.79 Å². The van der Waals surface area contributed by atoms with Crippen LogP contribution in [0.2, 0.25) is 0 Å². The summed E-state index contributed by atoms with van der Waals surface area (Å²) in [4.78, 5) is 23.9. The van der Waals surface area contributed by atoms with Crippen molar-refractivity contribution in [1.82, 2.24) is 19.4 Å². The molecule has 1 aromatic carbocycles. The molecule has 1 aliphatic rings. The van der Waals surface area contributed by atoms with Crippen molar-refractivity contribution in [2.24, 2.45) is 11.3 Å². The Morgan fingerprint density at radius 1 is 1.22 bits per heavy atom. The molecule has 0 aliphatic carbocycles. The zero-order valence-corrected chi connectivity index (χ0v) is 16.2. The summed E-state index contributed by atoms with van der Waals surface area (Å²) < 4.78 is 2.02. The average molecular weight is 362 g/mol. The Bertz CT molecular complexity index is 963. The Morgan fingerprint density at radius 3 is 2.70 bits per heavy atom. The lowest BCUT2D eigenvalue weighted by atomic mass is 9.78. The minimum absolute atomic E-state index is 0.0615. The van der Waals surface area contributed by atoms with Gasteiger partial charge in [0.25, 0.3) is 5.91 Å². The van der Waals surface area contributed by atoms with E-state index < -0.39 is 0 Å². The molecular formula is C22H26N4O. The Balaban J connectivity index is 1.55. The van der Waals surface area contributed by atoms with Crippen molar-refractivity contribution >= 4 is 17.1 Å². The van der Waals surface area contributed by atoms with Gasteiger partial charge in [0.15, 0.2) is 5.65 Å². The number of imidazole rings is 1. The summed E-state index contributed by atoms with van der Waals surface area (Å²) >= 11 is 0. The molecule has 0 radical (unpaired) electrons. The van der Waals surface area contributed by atoms with E-state index in [0.717, 1.165) is 37.2 Å². The summed E-state index contributed by atoms with van der Waals surface area (Å²) in [5.74, 6) is 0.621. The van der Waals surface area contributed by atoms with Gasteiger partial charge in [0.1, 0.15) is 5.52 Å². The molecular weight excluding hydrogens is 336 g/mol. The van der Waals surface area contributed by atoms with Crippen molar-refractivity contribution in [3.8, 4) is 0 Å². The minimum atomic E-state index is 0.0615. The number of hydrogen-bond acceptors (Lipinski definition) is 3. The third-order valence-electron chi connectivity index (χ3n) is 6.08. The number of benzene rings is 1. The van der Waals surface area contributed by atoms with Crippen LogP contribution in [0.15, 0.2) is 48.9 Å². The molecule has 5 nitrogen and oxygen atoms in total. The molecule has 140 valence electrons. The fourth-order valence-corrected chi connectivity index (χ4v) is 3.77. The number of carbonyl (C=O) groups excluding carboxylic acids is 1. The monoisotopic (exact) mass is 362 g/mol. The van der Waals surface area contributed by atoms with Gasteiger partial charge in [0.2, 0.25) is 0 Å². The standard InChI is InChI=1S/C22H26N4O/c1-16(2)22(3)9-10-25(14-22)21(27)18-11-19-20(23-12-18)26(15-24-19)13-17-7-5-4-6-8-17/h4-8,11-12,15-16H,9-10,13-14H2,1-3H3. The summed E-state index contributed by atoms with van der Waals surface area (Å²) in [6.45, 7) is 9.09. The summed E-state index contributed by atoms with van der Waals surface area (Å²) in [5, 5.41) is 0. The predicted octanol–water partition coefficient (Wildman–Crippen LogP) is 3.99. The molecule has 1 fully saturated rings. The van der Waals surface area contributed by atoms with Crippen LogP contribution in [0.1, 0.15) is 43.1 Å². The molecule has 27 heavy (non-hydrogen) atoms. The quantitative estimate of drug-likeness (QED) is 0.705. The second-order valence-corrected chi connectivity index (χ2v) is 8.21. The molecule has 3 heterocycles. The van der Waals surface area contributed by atoms with Gasteiger partial charge in [-0.05, 0) is 29.4 Å². The number of nitrogens with zero attached hydrogens (tertiary/aromatic N) is 4. The van der Waals surface area contributed by atoms with Crippen molar-refractivity contribution in [2.45, 2.75) is 33.7 Å². The highest BCUT2D eigenvalue weighted by Gasteiger charge is 2.38. The maximum Gasteiger partial charge on any atom is 0.255 e. The molecule has 1 saturated heterocycles. The Kier molecular flexibility index (Phi) is 4.46. The molecule has 1 amide bonds. The number of amides is 1. The van der Waals surface area contributed by atoms with Crippen LogP contribution in [-0.4, -0.2) is 38.4 Å². The second kappa shape index (κ2) is 6.80. The van der Waals surface area contributed by atoms with Crippen molar-refractivity contribution in [3.63, 3.8) is 0 Å². The Hall–Kier alpha value is -2.69. The largest absolute Gasteiger partial charge is 0.338 e. The van der Waals surface area contributed by atoms with Gasteiger partial charge in [-0.1, -0.05) is 51.1 Å². The number of aromatic nitrogens is 3. The highest BCUT2D eigenvalue weighted by molar-refractivity contribution is 5.96. The van der Waals surface area contributed by atoms with E-state index in [0.29, 0.717) is 11.5 Å². The molecule has 4 rings (SSSR count). The van der Waals surface area contributed by atoms with Gasteiger partial charge in [0.05, 0.1) is 18.4 Å². The highest BCUT2D eigenvalue weighted by Crippen LogP contribution is 2.37. The maximum atomic E-state index is 13.0. The first-order valence-electron chi connectivity index (χ1n) is 9.60. The van der Waals surface area contributed by atoms with E-state index in [4.69, 9.17) is 0 Å². The number of pyridine rings is 1. The van der Waals surface area contributed by atoms with Gasteiger partial charge >= 0.3 is 0 Å². The van der Waals surface area contributed by atoms with Gasteiger partial charge in [-0.3, -0.25) is 4.79 Å². The molecule has 0 spiro atoms. The molecule has 5 heteroatoms. The second-order valence-electron chi connectivity index (χ2n) is 8.21. The highest BCUT2D eigenvalue weighted by atomic mass is 16.2. The van der Waals surface area contributed by atoms with Crippen LogP contribution in [-0.2, 0) is 6.54 Å². The predicted molar refractivity (Wildman–Crippen MR) is 107 cm³/mol.